The zero-order chi connectivity index (χ0) is 16.5. The highest BCUT2D eigenvalue weighted by Gasteiger charge is 2.37. The van der Waals surface area contributed by atoms with E-state index in [1.807, 2.05) is 0 Å². The van der Waals surface area contributed by atoms with Gasteiger partial charge in [-0.1, -0.05) is 6.42 Å². The van der Waals surface area contributed by atoms with E-state index in [9.17, 15) is 13.2 Å². The van der Waals surface area contributed by atoms with Crippen molar-refractivity contribution in [2.45, 2.75) is 44.0 Å². The van der Waals surface area contributed by atoms with Crippen molar-refractivity contribution in [3.8, 4) is 5.75 Å². The molecule has 0 heterocycles. The highest BCUT2D eigenvalue weighted by Crippen LogP contribution is 2.33. The van der Waals surface area contributed by atoms with Crippen molar-refractivity contribution < 1.29 is 23.1 Å². The van der Waals surface area contributed by atoms with E-state index >= 15 is 0 Å². The van der Waals surface area contributed by atoms with Gasteiger partial charge >= 0.3 is 5.97 Å². The Morgan fingerprint density at radius 1 is 1.32 bits per heavy atom. The summed E-state index contributed by atoms with van der Waals surface area (Å²) in [6.45, 7) is 2.95. The predicted molar refractivity (Wildman–Crippen MR) is 81.6 cm³/mol. The van der Waals surface area contributed by atoms with Gasteiger partial charge in [0.15, 0.2) is 0 Å². The molecule has 1 aliphatic carbocycles. The lowest BCUT2D eigenvalue weighted by Gasteiger charge is -2.35. The summed E-state index contributed by atoms with van der Waals surface area (Å²) in [6, 6.07) is 3.00. The first-order valence-corrected chi connectivity index (χ1v) is 8.60. The summed E-state index contributed by atoms with van der Waals surface area (Å²) in [5, 5.41) is 9.04. The van der Waals surface area contributed by atoms with Crippen LogP contribution in [0.3, 0.4) is 0 Å². The van der Waals surface area contributed by atoms with E-state index in [0.29, 0.717) is 29.7 Å². The smallest absolute Gasteiger partial charge is 0.318 e. The van der Waals surface area contributed by atoms with Gasteiger partial charge < -0.3 is 9.84 Å². The number of aryl methyl sites for hydroxylation is 2. The van der Waals surface area contributed by atoms with E-state index in [4.69, 9.17) is 9.84 Å². The van der Waals surface area contributed by atoms with Crippen LogP contribution in [-0.2, 0) is 14.8 Å². The van der Waals surface area contributed by atoms with Crippen molar-refractivity contribution in [2.75, 3.05) is 13.7 Å². The summed E-state index contributed by atoms with van der Waals surface area (Å²) < 4.78 is 32.1. The first-order chi connectivity index (χ1) is 10.3. The van der Waals surface area contributed by atoms with Gasteiger partial charge in [-0.25, -0.2) is 8.42 Å². The molecule has 0 saturated heterocycles. The summed E-state index contributed by atoms with van der Waals surface area (Å²) in [6.07, 6.45) is 2.35. The Hall–Kier alpha value is -1.60. The van der Waals surface area contributed by atoms with Gasteiger partial charge in [-0.05, 0) is 49.9 Å². The fourth-order valence-electron chi connectivity index (χ4n) is 2.61. The number of methoxy groups -OCH3 is 1. The molecule has 0 radical (unpaired) electrons. The van der Waals surface area contributed by atoms with Crippen LogP contribution in [0.15, 0.2) is 17.0 Å². The summed E-state index contributed by atoms with van der Waals surface area (Å²) in [4.78, 5) is 11.2. The molecule has 0 amide bonds. The maximum absolute atomic E-state index is 12.9. The lowest BCUT2D eigenvalue weighted by molar-refractivity contribution is -0.137. The lowest BCUT2D eigenvalue weighted by atomic mass is 9.93. The van der Waals surface area contributed by atoms with Crippen molar-refractivity contribution in [3.63, 3.8) is 0 Å². The van der Waals surface area contributed by atoms with Gasteiger partial charge in [0.1, 0.15) is 12.3 Å². The van der Waals surface area contributed by atoms with Crippen LogP contribution in [0.4, 0.5) is 0 Å². The Kier molecular flexibility index (Phi) is 4.77. The topological polar surface area (TPSA) is 83.9 Å². The molecule has 122 valence electrons. The SMILES string of the molecule is COc1cc(C)c(S(=O)(=O)N(CC(=O)O)C2CCC2)cc1C. The Labute approximate surface area is 130 Å². The summed E-state index contributed by atoms with van der Waals surface area (Å²) in [7, 11) is -2.31. The fraction of sp³-hybridized carbons (Fsp3) is 0.533. The largest absolute Gasteiger partial charge is 0.496 e. The van der Waals surface area contributed by atoms with E-state index in [2.05, 4.69) is 0 Å². The van der Waals surface area contributed by atoms with Crippen LogP contribution in [-0.4, -0.2) is 43.5 Å². The van der Waals surface area contributed by atoms with Gasteiger partial charge in [0.2, 0.25) is 10.0 Å². The van der Waals surface area contributed by atoms with Gasteiger partial charge in [0, 0.05) is 6.04 Å². The predicted octanol–water partition coefficient (Wildman–Crippen LogP) is 1.94. The number of carboxylic acids is 1. The zero-order valence-electron chi connectivity index (χ0n) is 13.0. The number of carbonyl (C=O) groups is 1. The number of sulfonamides is 1. The van der Waals surface area contributed by atoms with Crippen LogP contribution >= 0.6 is 0 Å². The molecule has 0 atom stereocenters. The highest BCUT2D eigenvalue weighted by molar-refractivity contribution is 7.89. The van der Waals surface area contributed by atoms with Crippen molar-refractivity contribution in [1.29, 1.82) is 0 Å². The minimum absolute atomic E-state index is 0.152. The van der Waals surface area contributed by atoms with Crippen LogP contribution in [0, 0.1) is 13.8 Å². The second kappa shape index (κ2) is 6.26. The maximum Gasteiger partial charge on any atom is 0.318 e. The van der Waals surface area contributed by atoms with Crippen molar-refractivity contribution in [3.05, 3.63) is 23.3 Å². The number of ether oxygens (including phenoxy) is 1. The molecule has 1 saturated carbocycles. The lowest BCUT2D eigenvalue weighted by Crippen LogP contribution is -2.46. The van der Waals surface area contributed by atoms with Gasteiger partial charge in [-0.3, -0.25) is 4.79 Å². The van der Waals surface area contributed by atoms with Crippen LogP contribution in [0.5, 0.6) is 5.75 Å². The molecule has 6 nitrogen and oxygen atoms in total. The third-order valence-electron chi connectivity index (χ3n) is 4.05. The zero-order valence-corrected chi connectivity index (χ0v) is 13.8. The van der Waals surface area contributed by atoms with Crippen LogP contribution in [0.2, 0.25) is 0 Å². The molecule has 0 aromatic heterocycles. The molecule has 1 aromatic rings. The molecule has 1 fully saturated rings. The quantitative estimate of drug-likeness (QED) is 0.863. The Bertz CT molecular complexity index is 679. The number of aliphatic carboxylic acids is 1. The molecular weight excluding hydrogens is 306 g/mol. The Morgan fingerprint density at radius 2 is 1.95 bits per heavy atom. The average Bonchev–Trinajstić information content (AvgIpc) is 2.37. The first kappa shape index (κ1) is 16.8. The normalized spacial score (nSPS) is 15.6. The molecule has 22 heavy (non-hydrogen) atoms. The van der Waals surface area contributed by atoms with Crippen molar-refractivity contribution in [1.82, 2.24) is 4.31 Å². The van der Waals surface area contributed by atoms with Crippen LogP contribution in [0.25, 0.3) is 0 Å². The summed E-state index contributed by atoms with van der Waals surface area (Å²) >= 11 is 0. The molecule has 0 aliphatic heterocycles. The van der Waals surface area contributed by atoms with E-state index in [0.717, 1.165) is 10.7 Å². The number of hydrogen-bond donors (Lipinski definition) is 1. The Balaban J connectivity index is 2.47. The number of carboxylic acid groups (broad SMARTS) is 1. The molecule has 0 unspecified atom stereocenters. The van der Waals surface area contributed by atoms with E-state index in [1.165, 1.54) is 7.11 Å². The molecule has 1 aliphatic rings. The van der Waals surface area contributed by atoms with E-state index in [1.54, 1.807) is 26.0 Å². The average molecular weight is 327 g/mol. The fourth-order valence-corrected chi connectivity index (χ4v) is 4.53. The maximum atomic E-state index is 12.9. The van der Waals surface area contributed by atoms with Gasteiger partial charge in [0.05, 0.1) is 12.0 Å². The number of benzene rings is 1. The monoisotopic (exact) mass is 327 g/mol. The Morgan fingerprint density at radius 3 is 2.41 bits per heavy atom. The summed E-state index contributed by atoms with van der Waals surface area (Å²) in [5.74, 6) is -0.525. The molecule has 7 heteroatoms. The van der Waals surface area contributed by atoms with Crippen molar-refractivity contribution >= 4 is 16.0 Å². The van der Waals surface area contributed by atoms with Gasteiger partial charge in [-0.15, -0.1) is 0 Å². The van der Waals surface area contributed by atoms with E-state index in [-0.39, 0.29) is 10.9 Å². The third-order valence-corrected chi connectivity index (χ3v) is 6.09. The minimum atomic E-state index is -3.84. The first-order valence-electron chi connectivity index (χ1n) is 7.16. The molecule has 1 N–H and O–H groups in total. The molecule has 0 bridgehead atoms. The standard InChI is InChI=1S/C15H21NO5S/c1-10-8-14(11(2)7-13(10)21-3)22(19,20)16(9-15(17)18)12-5-4-6-12/h7-8,12H,4-6,9H2,1-3H3,(H,17,18). The third kappa shape index (κ3) is 3.10. The number of hydrogen-bond acceptors (Lipinski definition) is 4. The van der Waals surface area contributed by atoms with Crippen LogP contribution in [0.1, 0.15) is 30.4 Å². The number of nitrogens with zero attached hydrogens (tertiary/aromatic N) is 1. The number of rotatable bonds is 6. The molecule has 0 spiro atoms. The molecular formula is C15H21NO5S. The van der Waals surface area contributed by atoms with Gasteiger partial charge in [-0.2, -0.15) is 4.31 Å². The molecule has 1 aromatic carbocycles. The summed E-state index contributed by atoms with van der Waals surface area (Å²) in [5.41, 5.74) is 1.26. The van der Waals surface area contributed by atoms with Crippen LogP contribution < -0.4 is 4.74 Å². The second-order valence-corrected chi connectivity index (χ2v) is 7.48. The van der Waals surface area contributed by atoms with Crippen molar-refractivity contribution in [2.24, 2.45) is 0 Å². The molecule has 2 rings (SSSR count). The highest BCUT2D eigenvalue weighted by atomic mass is 32.2. The second-order valence-electron chi connectivity index (χ2n) is 5.62. The van der Waals surface area contributed by atoms with E-state index < -0.39 is 22.5 Å². The van der Waals surface area contributed by atoms with Gasteiger partial charge in [0.25, 0.3) is 0 Å². The minimum Gasteiger partial charge on any atom is -0.496 e.